The first kappa shape index (κ1) is 15.2. The average molecular weight is 336 g/mol. The zero-order chi connectivity index (χ0) is 15.9. The number of rotatable bonds is 2. The molecular weight excluding hydrogens is 321 g/mol. The summed E-state index contributed by atoms with van der Waals surface area (Å²) < 4.78 is 0. The van der Waals surface area contributed by atoms with E-state index in [1.807, 2.05) is 12.1 Å². The molecule has 0 spiro atoms. The zero-order valence-electron chi connectivity index (χ0n) is 12.5. The van der Waals surface area contributed by atoms with Crippen LogP contribution < -0.4 is 0 Å². The van der Waals surface area contributed by atoms with E-state index in [4.69, 9.17) is 23.2 Å². The van der Waals surface area contributed by atoms with E-state index in [1.54, 1.807) is 17.1 Å². The van der Waals surface area contributed by atoms with E-state index in [0.717, 1.165) is 11.4 Å². The summed E-state index contributed by atoms with van der Waals surface area (Å²) in [6, 6.07) is 5.50. The number of aromatic nitrogens is 5. The SMILES string of the molecule is CC(C)(C)c1ncc2nn(Cc3cccc(Cl)c3Cl)nc2n1. The summed E-state index contributed by atoms with van der Waals surface area (Å²) in [5.41, 5.74) is 1.97. The second kappa shape index (κ2) is 5.48. The van der Waals surface area contributed by atoms with E-state index >= 15 is 0 Å². The maximum absolute atomic E-state index is 6.20. The van der Waals surface area contributed by atoms with Gasteiger partial charge in [-0.2, -0.15) is 4.80 Å². The molecule has 0 amide bonds. The molecule has 22 heavy (non-hydrogen) atoms. The van der Waals surface area contributed by atoms with Gasteiger partial charge in [-0.3, -0.25) is 0 Å². The molecule has 0 atom stereocenters. The Kier molecular flexibility index (Phi) is 3.78. The van der Waals surface area contributed by atoms with Crippen molar-refractivity contribution in [1.82, 2.24) is 25.0 Å². The molecule has 0 fully saturated rings. The van der Waals surface area contributed by atoms with Crippen molar-refractivity contribution < 1.29 is 0 Å². The van der Waals surface area contributed by atoms with Gasteiger partial charge in [0.1, 0.15) is 5.82 Å². The van der Waals surface area contributed by atoms with Crippen LogP contribution in [-0.2, 0) is 12.0 Å². The molecule has 0 saturated carbocycles. The van der Waals surface area contributed by atoms with Gasteiger partial charge in [0.05, 0.1) is 22.8 Å². The second-order valence-corrected chi connectivity index (χ2v) is 6.88. The summed E-state index contributed by atoms with van der Waals surface area (Å²) in [4.78, 5) is 10.4. The van der Waals surface area contributed by atoms with E-state index in [0.29, 0.717) is 27.8 Å². The summed E-state index contributed by atoms with van der Waals surface area (Å²) in [6.45, 7) is 6.61. The van der Waals surface area contributed by atoms with Crippen LogP contribution in [0.5, 0.6) is 0 Å². The van der Waals surface area contributed by atoms with Gasteiger partial charge in [-0.05, 0) is 11.6 Å². The van der Waals surface area contributed by atoms with Crippen LogP contribution in [0.2, 0.25) is 10.0 Å². The van der Waals surface area contributed by atoms with Gasteiger partial charge in [0.15, 0.2) is 5.52 Å². The predicted molar refractivity (Wildman–Crippen MR) is 87.4 cm³/mol. The fraction of sp³-hybridized carbons (Fsp3) is 0.333. The Labute approximate surface area is 138 Å². The highest BCUT2D eigenvalue weighted by atomic mass is 35.5. The molecule has 3 aromatic rings. The van der Waals surface area contributed by atoms with Crippen LogP contribution in [-0.4, -0.2) is 25.0 Å². The number of nitrogens with zero attached hydrogens (tertiary/aromatic N) is 5. The van der Waals surface area contributed by atoms with Crippen LogP contribution in [0.4, 0.5) is 0 Å². The molecule has 0 radical (unpaired) electrons. The molecule has 0 aliphatic heterocycles. The lowest BCUT2D eigenvalue weighted by Gasteiger charge is -2.14. The van der Waals surface area contributed by atoms with Crippen molar-refractivity contribution in [3.63, 3.8) is 0 Å². The van der Waals surface area contributed by atoms with Gasteiger partial charge in [-0.1, -0.05) is 56.1 Å². The minimum Gasteiger partial charge on any atom is -0.238 e. The Bertz CT molecular complexity index is 836. The van der Waals surface area contributed by atoms with Gasteiger partial charge in [-0.25, -0.2) is 9.97 Å². The summed E-state index contributed by atoms with van der Waals surface area (Å²) in [5, 5.41) is 9.83. The summed E-state index contributed by atoms with van der Waals surface area (Å²) >= 11 is 12.2. The van der Waals surface area contributed by atoms with Crippen LogP contribution in [0.1, 0.15) is 32.2 Å². The van der Waals surface area contributed by atoms with Crippen molar-refractivity contribution in [3.05, 3.63) is 45.8 Å². The summed E-state index contributed by atoms with van der Waals surface area (Å²) in [7, 11) is 0. The summed E-state index contributed by atoms with van der Waals surface area (Å²) in [6.07, 6.45) is 1.70. The van der Waals surface area contributed by atoms with E-state index in [1.165, 1.54) is 0 Å². The van der Waals surface area contributed by atoms with E-state index in [2.05, 4.69) is 40.9 Å². The van der Waals surface area contributed by atoms with Crippen LogP contribution in [0.15, 0.2) is 24.4 Å². The third-order valence-electron chi connectivity index (χ3n) is 3.20. The molecule has 2 heterocycles. The number of halogens is 2. The molecule has 0 aliphatic rings. The molecule has 2 aromatic heterocycles. The Morgan fingerprint density at radius 2 is 1.91 bits per heavy atom. The topological polar surface area (TPSA) is 56.5 Å². The molecule has 5 nitrogen and oxygen atoms in total. The largest absolute Gasteiger partial charge is 0.238 e. The quantitative estimate of drug-likeness (QED) is 0.713. The van der Waals surface area contributed by atoms with Crippen molar-refractivity contribution in [2.45, 2.75) is 32.7 Å². The standard InChI is InChI=1S/C15H15Cl2N5/c1-15(2,3)14-18-7-11-13(19-14)21-22(20-11)8-9-5-4-6-10(16)12(9)17/h4-7H,8H2,1-3H3. The number of hydrogen-bond acceptors (Lipinski definition) is 4. The highest BCUT2D eigenvalue weighted by molar-refractivity contribution is 6.42. The number of hydrogen-bond donors (Lipinski definition) is 0. The maximum atomic E-state index is 6.20. The fourth-order valence-corrected chi connectivity index (χ4v) is 2.40. The van der Waals surface area contributed by atoms with Crippen molar-refractivity contribution in [2.75, 3.05) is 0 Å². The Morgan fingerprint density at radius 1 is 1.14 bits per heavy atom. The molecule has 0 N–H and O–H groups in total. The Morgan fingerprint density at radius 3 is 2.64 bits per heavy atom. The van der Waals surface area contributed by atoms with Crippen LogP contribution in [0.25, 0.3) is 11.2 Å². The monoisotopic (exact) mass is 335 g/mol. The highest BCUT2D eigenvalue weighted by Gasteiger charge is 2.19. The van der Waals surface area contributed by atoms with Gasteiger partial charge in [0.25, 0.3) is 0 Å². The summed E-state index contributed by atoms with van der Waals surface area (Å²) in [5.74, 6) is 0.743. The second-order valence-electron chi connectivity index (χ2n) is 6.10. The molecule has 0 saturated heterocycles. The zero-order valence-corrected chi connectivity index (χ0v) is 14.0. The predicted octanol–water partition coefficient (Wildman–Crippen LogP) is 3.87. The van der Waals surface area contributed by atoms with Crippen LogP contribution >= 0.6 is 23.2 Å². The Balaban J connectivity index is 1.97. The van der Waals surface area contributed by atoms with Crippen molar-refractivity contribution in [2.24, 2.45) is 0 Å². The number of benzene rings is 1. The molecule has 114 valence electrons. The third-order valence-corrected chi connectivity index (χ3v) is 4.06. The third kappa shape index (κ3) is 2.91. The van der Waals surface area contributed by atoms with E-state index < -0.39 is 0 Å². The van der Waals surface area contributed by atoms with Crippen LogP contribution in [0, 0.1) is 0 Å². The van der Waals surface area contributed by atoms with Gasteiger partial charge < -0.3 is 0 Å². The van der Waals surface area contributed by atoms with Crippen molar-refractivity contribution >= 4 is 34.4 Å². The van der Waals surface area contributed by atoms with Gasteiger partial charge in [-0.15, -0.1) is 10.2 Å². The van der Waals surface area contributed by atoms with Gasteiger partial charge >= 0.3 is 0 Å². The lowest BCUT2D eigenvalue weighted by molar-refractivity contribution is 0.547. The average Bonchev–Trinajstić information content (AvgIpc) is 2.84. The minimum absolute atomic E-state index is 0.131. The Hall–Kier alpha value is -1.72. The van der Waals surface area contributed by atoms with Crippen molar-refractivity contribution in [3.8, 4) is 0 Å². The first-order chi connectivity index (χ1) is 10.3. The smallest absolute Gasteiger partial charge is 0.205 e. The lowest BCUT2D eigenvalue weighted by Crippen LogP contribution is -2.15. The molecule has 0 unspecified atom stereocenters. The molecule has 3 rings (SSSR count). The van der Waals surface area contributed by atoms with Gasteiger partial charge in [0, 0.05) is 5.41 Å². The molecular formula is C15H15Cl2N5. The molecule has 0 aliphatic carbocycles. The van der Waals surface area contributed by atoms with E-state index in [-0.39, 0.29) is 5.41 Å². The first-order valence-corrected chi connectivity index (χ1v) is 7.61. The minimum atomic E-state index is -0.131. The van der Waals surface area contributed by atoms with E-state index in [9.17, 15) is 0 Å². The maximum Gasteiger partial charge on any atom is 0.205 e. The first-order valence-electron chi connectivity index (χ1n) is 6.86. The van der Waals surface area contributed by atoms with Crippen molar-refractivity contribution in [1.29, 1.82) is 0 Å². The molecule has 1 aromatic carbocycles. The number of fused-ring (bicyclic) bond motifs is 1. The van der Waals surface area contributed by atoms with Crippen LogP contribution in [0.3, 0.4) is 0 Å². The highest BCUT2D eigenvalue weighted by Crippen LogP contribution is 2.26. The normalized spacial score (nSPS) is 12.0. The molecule has 7 heteroatoms. The lowest BCUT2D eigenvalue weighted by atomic mass is 9.96. The molecule has 0 bridgehead atoms. The fourth-order valence-electron chi connectivity index (χ4n) is 2.02. The van der Waals surface area contributed by atoms with Gasteiger partial charge in [0.2, 0.25) is 5.65 Å².